The molecule has 0 aromatic heterocycles. The molecule has 2 atom stereocenters. The Morgan fingerprint density at radius 3 is 2.52 bits per heavy atom. The molecular formula is C22H22N2O5. The average Bonchev–Trinajstić information content (AvgIpc) is 3.15. The van der Waals surface area contributed by atoms with Gasteiger partial charge < -0.3 is 19.6 Å². The highest BCUT2D eigenvalue weighted by molar-refractivity contribution is 6.01. The number of hydrogen-bond acceptors (Lipinski definition) is 4. The molecule has 0 spiro atoms. The van der Waals surface area contributed by atoms with Crippen LogP contribution < -0.4 is 9.64 Å². The van der Waals surface area contributed by atoms with Gasteiger partial charge in [-0.05, 0) is 17.7 Å². The Kier molecular flexibility index (Phi) is 5.20. The Bertz CT molecular complexity index is 930. The number of ether oxygens (including phenoxy) is 1. The third kappa shape index (κ3) is 3.94. The van der Waals surface area contributed by atoms with Crippen molar-refractivity contribution in [3.63, 3.8) is 0 Å². The minimum atomic E-state index is -1.03. The van der Waals surface area contributed by atoms with E-state index in [1.165, 1.54) is 4.90 Å². The molecule has 2 amide bonds. The maximum Gasteiger partial charge on any atom is 0.303 e. The number of carboxylic acids is 1. The number of carboxylic acid groups (broad SMARTS) is 1. The van der Waals surface area contributed by atoms with Gasteiger partial charge in [0.05, 0.1) is 25.2 Å². The number of hydrogen-bond donors (Lipinski definition) is 1. The topological polar surface area (TPSA) is 87.2 Å². The quantitative estimate of drug-likeness (QED) is 0.842. The highest BCUT2D eigenvalue weighted by Crippen LogP contribution is 2.37. The van der Waals surface area contributed by atoms with Crippen LogP contribution in [-0.4, -0.2) is 46.5 Å². The lowest BCUT2D eigenvalue weighted by atomic mass is 10.1. The van der Waals surface area contributed by atoms with Gasteiger partial charge in [-0.2, -0.15) is 0 Å². The van der Waals surface area contributed by atoms with Crippen molar-refractivity contribution in [2.24, 2.45) is 0 Å². The minimum absolute atomic E-state index is 0.128. The van der Waals surface area contributed by atoms with Gasteiger partial charge in [0.1, 0.15) is 17.9 Å². The first-order chi connectivity index (χ1) is 14.0. The number of rotatable bonds is 5. The molecule has 7 nitrogen and oxygen atoms in total. The molecule has 2 aromatic rings. The fraction of sp³-hybridized carbons (Fsp3) is 0.318. The number of fused-ring (bicyclic) bond motifs is 3. The second-order valence-electron chi connectivity index (χ2n) is 7.31. The molecule has 2 aliphatic rings. The number of anilines is 1. The lowest BCUT2D eigenvalue weighted by molar-refractivity contribution is -0.142. The zero-order valence-corrected chi connectivity index (χ0v) is 15.9. The zero-order chi connectivity index (χ0) is 20.4. The second kappa shape index (κ2) is 7.95. The van der Waals surface area contributed by atoms with Gasteiger partial charge >= 0.3 is 5.97 Å². The van der Waals surface area contributed by atoms with E-state index < -0.39 is 12.0 Å². The lowest BCUT2D eigenvalue weighted by Crippen LogP contribution is -2.47. The number of benzene rings is 2. The molecule has 0 unspecified atom stereocenters. The van der Waals surface area contributed by atoms with E-state index in [9.17, 15) is 14.4 Å². The van der Waals surface area contributed by atoms with Gasteiger partial charge in [0, 0.05) is 12.8 Å². The molecule has 2 heterocycles. The zero-order valence-electron chi connectivity index (χ0n) is 15.9. The lowest BCUT2D eigenvalue weighted by Gasteiger charge is -2.31. The third-order valence-corrected chi connectivity index (χ3v) is 5.32. The van der Waals surface area contributed by atoms with E-state index in [0.29, 0.717) is 24.4 Å². The molecule has 1 fully saturated rings. The van der Waals surface area contributed by atoms with Gasteiger partial charge in [-0.25, -0.2) is 0 Å². The van der Waals surface area contributed by atoms with Crippen LogP contribution in [0.4, 0.5) is 5.69 Å². The van der Waals surface area contributed by atoms with E-state index in [-0.39, 0.29) is 37.3 Å². The Morgan fingerprint density at radius 1 is 1.03 bits per heavy atom. The average molecular weight is 394 g/mol. The Balaban J connectivity index is 1.66. The largest absolute Gasteiger partial charge is 0.486 e. The third-order valence-electron chi connectivity index (χ3n) is 5.32. The van der Waals surface area contributed by atoms with Gasteiger partial charge in [-0.3, -0.25) is 14.4 Å². The molecule has 150 valence electrons. The number of para-hydroxylation sites is 2. The summed E-state index contributed by atoms with van der Waals surface area (Å²) in [5.41, 5.74) is 1.64. The molecule has 1 N–H and O–H groups in total. The molecule has 4 rings (SSSR count). The number of likely N-dealkylation sites (tertiary alicyclic amines) is 1. The summed E-state index contributed by atoms with van der Waals surface area (Å²) in [6.45, 7) is 0.640. The van der Waals surface area contributed by atoms with Crippen molar-refractivity contribution in [1.29, 1.82) is 0 Å². The number of nitrogens with zero attached hydrogens (tertiary/aromatic N) is 2. The molecule has 29 heavy (non-hydrogen) atoms. The first kappa shape index (κ1) is 19.0. The maximum absolute atomic E-state index is 13.5. The summed E-state index contributed by atoms with van der Waals surface area (Å²) in [6.07, 6.45) is -0.275. The standard InChI is InChI=1S/C22H22N2O5/c25-20(10-11-21(26)27)23-14-16-12-18(23)22(28)24(13-15-6-2-1-3-7-15)17-8-4-5-9-19(17)29-16/h1-9,16,18H,10-14H2,(H,26,27)/t16-,18-/m0/s1. The van der Waals surface area contributed by atoms with Gasteiger partial charge in [0.25, 0.3) is 0 Å². The second-order valence-corrected chi connectivity index (χ2v) is 7.31. The van der Waals surface area contributed by atoms with Crippen molar-refractivity contribution in [2.75, 3.05) is 11.4 Å². The molecular weight excluding hydrogens is 372 g/mol. The Morgan fingerprint density at radius 2 is 1.76 bits per heavy atom. The highest BCUT2D eigenvalue weighted by Gasteiger charge is 2.44. The highest BCUT2D eigenvalue weighted by atomic mass is 16.5. The summed E-state index contributed by atoms with van der Waals surface area (Å²) in [6, 6.07) is 16.4. The van der Waals surface area contributed by atoms with E-state index in [2.05, 4.69) is 0 Å². The molecule has 2 bridgehead atoms. The monoisotopic (exact) mass is 394 g/mol. The van der Waals surface area contributed by atoms with Crippen LogP contribution in [0.1, 0.15) is 24.8 Å². The van der Waals surface area contributed by atoms with Crippen molar-refractivity contribution in [1.82, 2.24) is 4.90 Å². The van der Waals surface area contributed by atoms with Crippen molar-refractivity contribution in [2.45, 2.75) is 38.0 Å². The number of amides is 2. The van der Waals surface area contributed by atoms with Crippen LogP contribution in [0.5, 0.6) is 5.75 Å². The first-order valence-electron chi connectivity index (χ1n) is 9.65. The van der Waals surface area contributed by atoms with Crippen molar-refractivity contribution in [3.05, 3.63) is 60.2 Å². The number of aliphatic carboxylic acids is 1. The van der Waals surface area contributed by atoms with Gasteiger partial charge in [0.2, 0.25) is 11.8 Å². The van der Waals surface area contributed by atoms with Crippen LogP contribution in [0.3, 0.4) is 0 Å². The van der Waals surface area contributed by atoms with Crippen molar-refractivity contribution < 1.29 is 24.2 Å². The summed E-state index contributed by atoms with van der Waals surface area (Å²) >= 11 is 0. The minimum Gasteiger partial charge on any atom is -0.486 e. The van der Waals surface area contributed by atoms with Crippen LogP contribution in [0.15, 0.2) is 54.6 Å². The van der Waals surface area contributed by atoms with Crippen LogP contribution >= 0.6 is 0 Å². The van der Waals surface area contributed by atoms with E-state index in [1.807, 2.05) is 54.6 Å². The van der Waals surface area contributed by atoms with E-state index in [1.54, 1.807) is 4.90 Å². The predicted molar refractivity (Wildman–Crippen MR) is 105 cm³/mol. The summed E-state index contributed by atoms with van der Waals surface area (Å²) in [5.74, 6) is -0.922. The SMILES string of the molecule is O=C(O)CCC(=O)N1C[C@@H]2C[C@H]1C(=O)N(Cc1ccccc1)c1ccccc1O2. The molecule has 2 aromatic carbocycles. The van der Waals surface area contributed by atoms with Crippen molar-refractivity contribution in [3.8, 4) is 5.75 Å². The fourth-order valence-electron chi connectivity index (χ4n) is 3.94. The molecule has 0 saturated carbocycles. The summed E-state index contributed by atoms with van der Waals surface area (Å²) < 4.78 is 6.15. The van der Waals surface area contributed by atoms with Gasteiger partial charge in [-0.15, -0.1) is 0 Å². The number of carbonyl (C=O) groups is 3. The number of carbonyl (C=O) groups excluding carboxylic acids is 2. The molecule has 0 aliphatic carbocycles. The van der Waals surface area contributed by atoms with Crippen LogP contribution in [0.25, 0.3) is 0 Å². The fourth-order valence-corrected chi connectivity index (χ4v) is 3.94. The van der Waals surface area contributed by atoms with Crippen LogP contribution in [0, 0.1) is 0 Å². The Labute approximate surface area is 168 Å². The summed E-state index contributed by atoms with van der Waals surface area (Å²) in [5, 5.41) is 8.89. The molecule has 2 aliphatic heterocycles. The normalized spacial score (nSPS) is 20.5. The maximum atomic E-state index is 13.5. The van der Waals surface area contributed by atoms with Crippen LogP contribution in [-0.2, 0) is 20.9 Å². The van der Waals surface area contributed by atoms with Crippen LogP contribution in [0.2, 0.25) is 0 Å². The van der Waals surface area contributed by atoms with Gasteiger partial charge in [-0.1, -0.05) is 42.5 Å². The molecule has 0 radical (unpaired) electrons. The van der Waals surface area contributed by atoms with Gasteiger partial charge in [0.15, 0.2) is 0 Å². The van der Waals surface area contributed by atoms with Crippen molar-refractivity contribution >= 4 is 23.5 Å². The summed E-state index contributed by atoms with van der Waals surface area (Å²) in [4.78, 5) is 40.2. The molecule has 7 heteroatoms. The smallest absolute Gasteiger partial charge is 0.303 e. The van der Waals surface area contributed by atoms with E-state index in [0.717, 1.165) is 5.56 Å². The predicted octanol–water partition coefficient (Wildman–Crippen LogP) is 2.45. The van der Waals surface area contributed by atoms with E-state index >= 15 is 0 Å². The summed E-state index contributed by atoms with van der Waals surface area (Å²) in [7, 11) is 0. The Hall–Kier alpha value is -3.35. The van der Waals surface area contributed by atoms with E-state index in [4.69, 9.17) is 9.84 Å². The first-order valence-corrected chi connectivity index (χ1v) is 9.65. The molecule has 1 saturated heterocycles.